The summed E-state index contributed by atoms with van der Waals surface area (Å²) in [5.74, 6) is 0.684. The molecular formula is C14H18BrF. The second-order valence-corrected chi connectivity index (χ2v) is 5.71. The maximum Gasteiger partial charge on any atom is 0.130 e. The largest absolute Gasteiger partial charge is 0.206 e. The van der Waals surface area contributed by atoms with Crippen LogP contribution in [0.1, 0.15) is 43.2 Å². The standard InChI is InChI=1S/C14H18BrF/c1-10-13(15)8-7-12(14(10)16)9-11-5-3-2-4-6-11/h7-8,11H,2-6,9H2,1H3. The molecule has 0 N–H and O–H groups in total. The average molecular weight is 285 g/mol. The van der Waals surface area contributed by atoms with Crippen molar-refractivity contribution in [2.24, 2.45) is 5.92 Å². The molecule has 0 spiro atoms. The second kappa shape index (κ2) is 5.31. The van der Waals surface area contributed by atoms with Crippen molar-refractivity contribution in [1.29, 1.82) is 0 Å². The average Bonchev–Trinajstić information content (AvgIpc) is 2.31. The smallest absolute Gasteiger partial charge is 0.130 e. The molecule has 0 amide bonds. The van der Waals surface area contributed by atoms with Gasteiger partial charge in [0.25, 0.3) is 0 Å². The molecule has 0 radical (unpaired) electrons. The molecule has 1 aromatic rings. The molecule has 0 saturated heterocycles. The molecule has 0 nitrogen and oxygen atoms in total. The highest BCUT2D eigenvalue weighted by molar-refractivity contribution is 9.10. The van der Waals surface area contributed by atoms with E-state index < -0.39 is 0 Å². The Morgan fingerprint density at radius 2 is 1.94 bits per heavy atom. The van der Waals surface area contributed by atoms with Crippen molar-refractivity contribution in [2.45, 2.75) is 45.4 Å². The molecule has 88 valence electrons. The first-order valence-electron chi connectivity index (χ1n) is 6.12. The van der Waals surface area contributed by atoms with Crippen LogP contribution in [0.2, 0.25) is 0 Å². The third-order valence-electron chi connectivity index (χ3n) is 3.63. The number of halogens is 2. The fourth-order valence-corrected chi connectivity index (χ4v) is 2.88. The summed E-state index contributed by atoms with van der Waals surface area (Å²) in [4.78, 5) is 0. The molecule has 1 saturated carbocycles. The van der Waals surface area contributed by atoms with Gasteiger partial charge in [-0.25, -0.2) is 4.39 Å². The van der Waals surface area contributed by atoms with Gasteiger partial charge in [0.1, 0.15) is 5.82 Å². The minimum absolute atomic E-state index is 0.0139. The van der Waals surface area contributed by atoms with E-state index in [1.54, 1.807) is 0 Å². The molecule has 0 atom stereocenters. The Labute approximate surface area is 105 Å². The first-order valence-corrected chi connectivity index (χ1v) is 6.91. The van der Waals surface area contributed by atoms with E-state index in [0.717, 1.165) is 22.0 Å². The lowest BCUT2D eigenvalue weighted by molar-refractivity contribution is 0.353. The zero-order chi connectivity index (χ0) is 11.5. The summed E-state index contributed by atoms with van der Waals surface area (Å²) in [7, 11) is 0. The summed E-state index contributed by atoms with van der Waals surface area (Å²) in [6.07, 6.45) is 7.46. The van der Waals surface area contributed by atoms with Gasteiger partial charge >= 0.3 is 0 Å². The van der Waals surface area contributed by atoms with Crippen molar-refractivity contribution >= 4 is 15.9 Å². The minimum atomic E-state index is -0.0139. The monoisotopic (exact) mass is 284 g/mol. The molecule has 0 aromatic heterocycles. The zero-order valence-electron chi connectivity index (χ0n) is 9.73. The van der Waals surface area contributed by atoms with Crippen molar-refractivity contribution in [3.63, 3.8) is 0 Å². The van der Waals surface area contributed by atoms with E-state index in [-0.39, 0.29) is 5.82 Å². The molecule has 2 rings (SSSR count). The van der Waals surface area contributed by atoms with Crippen molar-refractivity contribution in [3.05, 3.63) is 33.5 Å². The highest BCUT2D eigenvalue weighted by Gasteiger charge is 2.17. The van der Waals surface area contributed by atoms with Crippen LogP contribution in [0.4, 0.5) is 4.39 Å². The van der Waals surface area contributed by atoms with Crippen molar-refractivity contribution in [2.75, 3.05) is 0 Å². The molecule has 0 aliphatic heterocycles. The highest BCUT2D eigenvalue weighted by Crippen LogP contribution is 2.29. The lowest BCUT2D eigenvalue weighted by Gasteiger charge is -2.22. The van der Waals surface area contributed by atoms with Gasteiger partial charge in [-0.05, 0) is 36.5 Å². The van der Waals surface area contributed by atoms with Crippen LogP contribution >= 0.6 is 15.9 Å². The van der Waals surface area contributed by atoms with E-state index >= 15 is 0 Å². The van der Waals surface area contributed by atoms with Crippen LogP contribution in [-0.2, 0) is 6.42 Å². The van der Waals surface area contributed by atoms with Gasteiger partial charge in [0, 0.05) is 4.47 Å². The second-order valence-electron chi connectivity index (χ2n) is 4.85. The zero-order valence-corrected chi connectivity index (χ0v) is 11.3. The maximum absolute atomic E-state index is 14.0. The molecule has 2 heteroatoms. The Morgan fingerprint density at radius 3 is 2.62 bits per heavy atom. The summed E-state index contributed by atoms with van der Waals surface area (Å²) in [6, 6.07) is 3.90. The van der Waals surface area contributed by atoms with Crippen LogP contribution in [0.25, 0.3) is 0 Å². The molecule has 1 fully saturated rings. The van der Waals surface area contributed by atoms with Gasteiger partial charge in [0.15, 0.2) is 0 Å². The normalized spacial score (nSPS) is 17.7. The Kier molecular flexibility index (Phi) is 4.01. The van der Waals surface area contributed by atoms with Gasteiger partial charge in [0.2, 0.25) is 0 Å². The summed E-state index contributed by atoms with van der Waals surface area (Å²) < 4.78 is 14.9. The summed E-state index contributed by atoms with van der Waals surface area (Å²) in [5, 5.41) is 0. The summed E-state index contributed by atoms with van der Waals surface area (Å²) in [5.41, 5.74) is 1.64. The van der Waals surface area contributed by atoms with Crippen molar-refractivity contribution in [3.8, 4) is 0 Å². The number of hydrogen-bond acceptors (Lipinski definition) is 0. The quantitative estimate of drug-likeness (QED) is 0.715. The summed E-state index contributed by atoms with van der Waals surface area (Å²) >= 11 is 3.37. The molecule has 1 aromatic carbocycles. The third-order valence-corrected chi connectivity index (χ3v) is 4.49. The van der Waals surface area contributed by atoms with Crippen LogP contribution < -0.4 is 0 Å². The predicted molar refractivity (Wildman–Crippen MR) is 69.1 cm³/mol. The Morgan fingerprint density at radius 1 is 1.25 bits per heavy atom. The maximum atomic E-state index is 14.0. The van der Waals surface area contributed by atoms with Gasteiger partial charge in [-0.15, -0.1) is 0 Å². The molecule has 1 aliphatic rings. The van der Waals surface area contributed by atoms with Crippen LogP contribution in [0.5, 0.6) is 0 Å². The van der Waals surface area contributed by atoms with Crippen molar-refractivity contribution < 1.29 is 4.39 Å². The number of benzene rings is 1. The molecule has 0 heterocycles. The van der Waals surface area contributed by atoms with E-state index in [0.29, 0.717) is 5.92 Å². The predicted octanol–water partition coefficient (Wildman–Crippen LogP) is 5.02. The molecule has 16 heavy (non-hydrogen) atoms. The Hall–Kier alpha value is -0.370. The van der Waals surface area contributed by atoms with E-state index in [1.165, 1.54) is 32.1 Å². The molecule has 0 unspecified atom stereocenters. The Bertz CT molecular complexity index is 367. The SMILES string of the molecule is Cc1c(Br)ccc(CC2CCCCC2)c1F. The van der Waals surface area contributed by atoms with Gasteiger partial charge in [0.05, 0.1) is 0 Å². The topological polar surface area (TPSA) is 0 Å². The lowest BCUT2D eigenvalue weighted by Crippen LogP contribution is -2.10. The summed E-state index contributed by atoms with van der Waals surface area (Å²) in [6.45, 7) is 1.84. The fourth-order valence-electron chi connectivity index (χ4n) is 2.58. The number of rotatable bonds is 2. The minimum Gasteiger partial charge on any atom is -0.206 e. The molecular weight excluding hydrogens is 267 g/mol. The molecule has 0 bridgehead atoms. The van der Waals surface area contributed by atoms with Crippen LogP contribution in [0.3, 0.4) is 0 Å². The van der Waals surface area contributed by atoms with E-state index in [4.69, 9.17) is 0 Å². The first kappa shape index (κ1) is 12.1. The van der Waals surface area contributed by atoms with Crippen LogP contribution in [-0.4, -0.2) is 0 Å². The van der Waals surface area contributed by atoms with Gasteiger partial charge in [-0.3, -0.25) is 0 Å². The first-order chi connectivity index (χ1) is 7.68. The van der Waals surface area contributed by atoms with Crippen molar-refractivity contribution in [1.82, 2.24) is 0 Å². The lowest BCUT2D eigenvalue weighted by atomic mass is 9.84. The molecule has 1 aliphatic carbocycles. The van der Waals surface area contributed by atoms with Gasteiger partial charge < -0.3 is 0 Å². The van der Waals surface area contributed by atoms with Gasteiger partial charge in [-0.2, -0.15) is 0 Å². The number of hydrogen-bond donors (Lipinski definition) is 0. The van der Waals surface area contributed by atoms with E-state index in [2.05, 4.69) is 15.9 Å². The van der Waals surface area contributed by atoms with Crippen LogP contribution in [0.15, 0.2) is 16.6 Å². The Balaban J connectivity index is 2.11. The third kappa shape index (κ3) is 2.65. The van der Waals surface area contributed by atoms with E-state index in [1.807, 2.05) is 19.1 Å². The highest BCUT2D eigenvalue weighted by atomic mass is 79.9. The van der Waals surface area contributed by atoms with Gasteiger partial charge in [-0.1, -0.05) is 54.1 Å². The van der Waals surface area contributed by atoms with Crippen LogP contribution in [0, 0.1) is 18.7 Å². The fraction of sp³-hybridized carbons (Fsp3) is 0.571. The van der Waals surface area contributed by atoms with E-state index in [9.17, 15) is 4.39 Å².